The minimum absolute atomic E-state index is 0.913. The van der Waals surface area contributed by atoms with Crippen molar-refractivity contribution in [2.75, 3.05) is 0 Å². The summed E-state index contributed by atoms with van der Waals surface area (Å²) in [7, 11) is 0. The fourth-order valence-electron chi connectivity index (χ4n) is 3.21. The molecule has 0 fully saturated rings. The quantitative estimate of drug-likeness (QED) is 0.238. The SMILES string of the molecule is [CH2]CC(CCCCCCCCC)CCCCCCCCC. The standard InChI is InChI=1S/C21H43/c1-4-7-9-11-13-15-17-19-21(6-3)20-18-16-14-12-10-8-5-2/h21H,3-20H2,1-2H3. The van der Waals surface area contributed by atoms with Gasteiger partial charge in [0.25, 0.3) is 0 Å². The van der Waals surface area contributed by atoms with Crippen LogP contribution in [-0.4, -0.2) is 0 Å². The van der Waals surface area contributed by atoms with E-state index in [1.165, 1.54) is 103 Å². The lowest BCUT2D eigenvalue weighted by atomic mass is 9.92. The smallest absolute Gasteiger partial charge is 0.0414 e. The average Bonchev–Trinajstić information content (AvgIpc) is 2.51. The molecule has 0 nitrogen and oxygen atoms in total. The second kappa shape index (κ2) is 18.1. The summed E-state index contributed by atoms with van der Waals surface area (Å²) in [5.74, 6) is 0.913. The van der Waals surface area contributed by atoms with E-state index in [0.29, 0.717) is 0 Å². The van der Waals surface area contributed by atoms with Gasteiger partial charge in [-0.3, -0.25) is 0 Å². The van der Waals surface area contributed by atoms with Crippen molar-refractivity contribution in [2.45, 2.75) is 123 Å². The zero-order valence-electron chi connectivity index (χ0n) is 15.3. The molecule has 127 valence electrons. The van der Waals surface area contributed by atoms with E-state index in [0.717, 1.165) is 12.3 Å². The van der Waals surface area contributed by atoms with Crippen molar-refractivity contribution in [2.24, 2.45) is 5.92 Å². The molecule has 0 aromatic carbocycles. The van der Waals surface area contributed by atoms with E-state index in [1.807, 2.05) is 0 Å². The van der Waals surface area contributed by atoms with Crippen LogP contribution in [-0.2, 0) is 0 Å². The monoisotopic (exact) mass is 295 g/mol. The van der Waals surface area contributed by atoms with Crippen molar-refractivity contribution in [3.8, 4) is 0 Å². The first-order chi connectivity index (χ1) is 10.3. The molecule has 0 N–H and O–H groups in total. The Bertz CT molecular complexity index is 155. The zero-order valence-corrected chi connectivity index (χ0v) is 15.3. The highest BCUT2D eigenvalue weighted by molar-refractivity contribution is 4.62. The maximum Gasteiger partial charge on any atom is -0.0414 e. The van der Waals surface area contributed by atoms with Gasteiger partial charge in [0.15, 0.2) is 0 Å². The third-order valence-corrected chi connectivity index (χ3v) is 4.84. The molecule has 1 radical (unpaired) electrons. The molecule has 0 aliphatic rings. The van der Waals surface area contributed by atoms with E-state index in [4.69, 9.17) is 0 Å². The summed E-state index contributed by atoms with van der Waals surface area (Å²) in [6.07, 6.45) is 24.2. The van der Waals surface area contributed by atoms with E-state index < -0.39 is 0 Å². The largest absolute Gasteiger partial charge is 0.0654 e. The molecule has 0 aliphatic heterocycles. The van der Waals surface area contributed by atoms with Crippen LogP contribution in [0.15, 0.2) is 0 Å². The first kappa shape index (κ1) is 21.0. The van der Waals surface area contributed by atoms with E-state index >= 15 is 0 Å². The van der Waals surface area contributed by atoms with Gasteiger partial charge in [0.2, 0.25) is 0 Å². The van der Waals surface area contributed by atoms with Crippen LogP contribution in [0.3, 0.4) is 0 Å². The summed E-state index contributed by atoms with van der Waals surface area (Å²) in [5, 5.41) is 0. The van der Waals surface area contributed by atoms with Gasteiger partial charge in [-0.25, -0.2) is 0 Å². The van der Waals surface area contributed by atoms with Crippen LogP contribution in [0.25, 0.3) is 0 Å². The molecular weight excluding hydrogens is 252 g/mol. The van der Waals surface area contributed by atoms with Crippen LogP contribution >= 0.6 is 0 Å². The third kappa shape index (κ3) is 16.2. The molecule has 0 aromatic heterocycles. The van der Waals surface area contributed by atoms with Gasteiger partial charge in [0.1, 0.15) is 0 Å². The predicted octanol–water partition coefficient (Wildman–Crippen LogP) is 8.11. The molecule has 0 bridgehead atoms. The molecule has 0 rings (SSSR count). The minimum atomic E-state index is 0.913. The van der Waals surface area contributed by atoms with E-state index in [2.05, 4.69) is 20.8 Å². The summed E-state index contributed by atoms with van der Waals surface area (Å²) < 4.78 is 0. The fraction of sp³-hybridized carbons (Fsp3) is 0.952. The van der Waals surface area contributed by atoms with Crippen LogP contribution in [0.1, 0.15) is 123 Å². The highest BCUT2D eigenvalue weighted by Crippen LogP contribution is 2.21. The molecule has 0 amide bonds. The van der Waals surface area contributed by atoms with Crippen molar-refractivity contribution < 1.29 is 0 Å². The molecule has 0 heterocycles. The number of hydrogen-bond acceptors (Lipinski definition) is 0. The van der Waals surface area contributed by atoms with Crippen LogP contribution < -0.4 is 0 Å². The van der Waals surface area contributed by atoms with Crippen LogP contribution in [0.2, 0.25) is 0 Å². The molecule has 0 atom stereocenters. The first-order valence-electron chi connectivity index (χ1n) is 10.1. The fourth-order valence-corrected chi connectivity index (χ4v) is 3.21. The topological polar surface area (TPSA) is 0 Å². The van der Waals surface area contributed by atoms with E-state index in [9.17, 15) is 0 Å². The predicted molar refractivity (Wildman–Crippen MR) is 98.7 cm³/mol. The maximum absolute atomic E-state index is 4.16. The lowest BCUT2D eigenvalue weighted by molar-refractivity contribution is 0.404. The highest BCUT2D eigenvalue weighted by atomic mass is 14.1. The molecule has 0 aliphatic carbocycles. The third-order valence-electron chi connectivity index (χ3n) is 4.84. The Morgan fingerprint density at radius 2 is 0.857 bits per heavy atom. The first-order valence-corrected chi connectivity index (χ1v) is 10.1. The molecule has 0 unspecified atom stereocenters. The highest BCUT2D eigenvalue weighted by Gasteiger charge is 2.05. The summed E-state index contributed by atoms with van der Waals surface area (Å²) in [4.78, 5) is 0. The zero-order chi connectivity index (χ0) is 15.6. The van der Waals surface area contributed by atoms with Crippen LogP contribution in [0, 0.1) is 12.8 Å². The van der Waals surface area contributed by atoms with Crippen LogP contribution in [0.4, 0.5) is 0 Å². The minimum Gasteiger partial charge on any atom is -0.0654 e. The van der Waals surface area contributed by atoms with Gasteiger partial charge in [-0.2, -0.15) is 0 Å². The van der Waals surface area contributed by atoms with Gasteiger partial charge < -0.3 is 0 Å². The van der Waals surface area contributed by atoms with Crippen molar-refractivity contribution in [3.63, 3.8) is 0 Å². The van der Waals surface area contributed by atoms with Gasteiger partial charge in [-0.05, 0) is 5.92 Å². The number of unbranched alkanes of at least 4 members (excludes halogenated alkanes) is 12. The van der Waals surface area contributed by atoms with Crippen molar-refractivity contribution in [1.82, 2.24) is 0 Å². The van der Waals surface area contributed by atoms with Gasteiger partial charge in [0, 0.05) is 0 Å². The molecule has 21 heavy (non-hydrogen) atoms. The van der Waals surface area contributed by atoms with Crippen LogP contribution in [0.5, 0.6) is 0 Å². The van der Waals surface area contributed by atoms with Gasteiger partial charge in [-0.1, -0.05) is 130 Å². The average molecular weight is 296 g/mol. The Morgan fingerprint density at radius 1 is 0.524 bits per heavy atom. The van der Waals surface area contributed by atoms with E-state index in [1.54, 1.807) is 0 Å². The lowest BCUT2D eigenvalue weighted by Gasteiger charge is -2.14. The molecule has 0 saturated carbocycles. The van der Waals surface area contributed by atoms with Crippen molar-refractivity contribution in [1.29, 1.82) is 0 Å². The van der Waals surface area contributed by atoms with Crippen molar-refractivity contribution in [3.05, 3.63) is 6.92 Å². The Labute approximate surface area is 136 Å². The summed E-state index contributed by atoms with van der Waals surface area (Å²) in [6.45, 7) is 8.75. The van der Waals surface area contributed by atoms with Crippen molar-refractivity contribution >= 4 is 0 Å². The van der Waals surface area contributed by atoms with Gasteiger partial charge >= 0.3 is 0 Å². The number of rotatable bonds is 17. The molecule has 0 aromatic rings. The Hall–Kier alpha value is 0. The Morgan fingerprint density at radius 3 is 1.19 bits per heavy atom. The second-order valence-electron chi connectivity index (χ2n) is 6.97. The maximum atomic E-state index is 4.16. The summed E-state index contributed by atoms with van der Waals surface area (Å²) in [5.41, 5.74) is 0. The Kier molecular flexibility index (Phi) is 18.1. The summed E-state index contributed by atoms with van der Waals surface area (Å²) >= 11 is 0. The number of hydrogen-bond donors (Lipinski definition) is 0. The molecule has 0 heteroatoms. The Balaban J connectivity index is 3.29. The lowest BCUT2D eigenvalue weighted by Crippen LogP contribution is -1.99. The van der Waals surface area contributed by atoms with Gasteiger partial charge in [-0.15, -0.1) is 0 Å². The normalized spacial score (nSPS) is 11.4. The van der Waals surface area contributed by atoms with Gasteiger partial charge in [0.05, 0.1) is 0 Å². The molecular formula is C21H43. The molecule has 0 saturated heterocycles. The molecule has 0 spiro atoms. The second-order valence-corrected chi connectivity index (χ2v) is 6.97. The summed E-state index contributed by atoms with van der Waals surface area (Å²) in [6, 6.07) is 0. The van der Waals surface area contributed by atoms with E-state index in [-0.39, 0.29) is 0 Å².